The summed E-state index contributed by atoms with van der Waals surface area (Å²) in [6.07, 6.45) is 9.00. The largest absolute Gasteiger partial charge is 0.481 e. The second kappa shape index (κ2) is 8.94. The van der Waals surface area contributed by atoms with Crippen LogP contribution in [0.5, 0.6) is 0 Å². The van der Waals surface area contributed by atoms with Crippen LogP contribution in [0.15, 0.2) is 0 Å². The number of carbonyl (C=O) groups excluding carboxylic acids is 1. The molecule has 4 heteroatoms. The zero-order valence-electron chi connectivity index (χ0n) is 12.0. The van der Waals surface area contributed by atoms with Crippen molar-refractivity contribution in [1.29, 1.82) is 0 Å². The Balaban J connectivity index is 2.13. The molecule has 0 radical (unpaired) electrons. The number of hydrogen-bond acceptors (Lipinski definition) is 2. The third-order valence-electron chi connectivity index (χ3n) is 4.13. The van der Waals surface area contributed by atoms with Crippen molar-refractivity contribution in [3.05, 3.63) is 0 Å². The normalized spacial score (nSPS) is 17.9. The lowest BCUT2D eigenvalue weighted by atomic mass is 9.86. The predicted molar refractivity (Wildman–Crippen MR) is 74.9 cm³/mol. The minimum Gasteiger partial charge on any atom is -0.481 e. The molecule has 1 atom stereocenters. The molecule has 1 fully saturated rings. The van der Waals surface area contributed by atoms with Gasteiger partial charge in [0.15, 0.2) is 0 Å². The first kappa shape index (κ1) is 16.0. The molecule has 1 amide bonds. The SMILES string of the molecule is CCC(CNC(=O)CCC1CCCCC1)CC(=O)O. The van der Waals surface area contributed by atoms with Crippen molar-refractivity contribution in [3.8, 4) is 0 Å². The highest BCUT2D eigenvalue weighted by Crippen LogP contribution is 2.27. The molecule has 0 aliphatic heterocycles. The van der Waals surface area contributed by atoms with E-state index in [1.807, 2.05) is 6.92 Å². The van der Waals surface area contributed by atoms with Gasteiger partial charge in [-0.2, -0.15) is 0 Å². The monoisotopic (exact) mass is 269 g/mol. The van der Waals surface area contributed by atoms with E-state index < -0.39 is 5.97 Å². The van der Waals surface area contributed by atoms with Crippen LogP contribution in [-0.4, -0.2) is 23.5 Å². The zero-order chi connectivity index (χ0) is 14.1. The van der Waals surface area contributed by atoms with Gasteiger partial charge in [0.25, 0.3) is 0 Å². The molecule has 0 saturated heterocycles. The number of carbonyl (C=O) groups is 2. The van der Waals surface area contributed by atoms with E-state index in [4.69, 9.17) is 5.11 Å². The van der Waals surface area contributed by atoms with Crippen molar-refractivity contribution in [2.45, 2.75) is 64.7 Å². The summed E-state index contributed by atoms with van der Waals surface area (Å²) in [5, 5.41) is 11.6. The van der Waals surface area contributed by atoms with Crippen LogP contribution in [0.1, 0.15) is 64.7 Å². The average molecular weight is 269 g/mol. The highest BCUT2D eigenvalue weighted by atomic mass is 16.4. The van der Waals surface area contributed by atoms with E-state index >= 15 is 0 Å². The first-order valence-corrected chi connectivity index (χ1v) is 7.60. The molecule has 4 nitrogen and oxygen atoms in total. The highest BCUT2D eigenvalue weighted by molar-refractivity contribution is 5.76. The minimum absolute atomic E-state index is 0.0520. The van der Waals surface area contributed by atoms with Crippen LogP contribution in [-0.2, 0) is 9.59 Å². The molecule has 1 rings (SSSR count). The molecule has 2 N–H and O–H groups in total. The molecule has 0 heterocycles. The number of hydrogen-bond donors (Lipinski definition) is 2. The second-order valence-corrected chi connectivity index (χ2v) is 5.72. The maximum atomic E-state index is 11.7. The molecule has 19 heavy (non-hydrogen) atoms. The Labute approximate surface area is 116 Å². The maximum Gasteiger partial charge on any atom is 0.303 e. The summed E-state index contributed by atoms with van der Waals surface area (Å²) in [5.41, 5.74) is 0. The van der Waals surface area contributed by atoms with Gasteiger partial charge in [-0.15, -0.1) is 0 Å². The average Bonchev–Trinajstić information content (AvgIpc) is 2.42. The standard InChI is InChI=1S/C15H27NO3/c1-2-12(10-15(18)19)11-16-14(17)9-8-13-6-4-3-5-7-13/h12-13H,2-11H2,1H3,(H,16,17)(H,18,19). The first-order chi connectivity index (χ1) is 9.11. The van der Waals surface area contributed by atoms with Gasteiger partial charge in [0, 0.05) is 19.4 Å². The Morgan fingerprint density at radius 3 is 2.53 bits per heavy atom. The van der Waals surface area contributed by atoms with Crippen molar-refractivity contribution < 1.29 is 14.7 Å². The van der Waals surface area contributed by atoms with Gasteiger partial charge >= 0.3 is 5.97 Å². The molecular formula is C15H27NO3. The number of amides is 1. The Bertz CT molecular complexity index is 285. The van der Waals surface area contributed by atoms with Gasteiger partial charge in [-0.25, -0.2) is 0 Å². The van der Waals surface area contributed by atoms with Gasteiger partial charge in [-0.3, -0.25) is 9.59 Å². The molecular weight excluding hydrogens is 242 g/mol. The quantitative estimate of drug-likeness (QED) is 0.712. The molecule has 1 saturated carbocycles. The van der Waals surface area contributed by atoms with Gasteiger partial charge in [-0.05, 0) is 18.3 Å². The fraction of sp³-hybridized carbons (Fsp3) is 0.867. The van der Waals surface area contributed by atoms with Crippen molar-refractivity contribution in [1.82, 2.24) is 5.32 Å². The third kappa shape index (κ3) is 7.19. The Kier molecular flexibility index (Phi) is 7.53. The maximum absolute atomic E-state index is 11.7. The molecule has 0 aromatic rings. The number of aliphatic carboxylic acids is 1. The summed E-state index contributed by atoms with van der Waals surface area (Å²) >= 11 is 0. The molecule has 110 valence electrons. The molecule has 0 spiro atoms. The fourth-order valence-electron chi connectivity index (χ4n) is 2.77. The fourth-order valence-corrected chi connectivity index (χ4v) is 2.77. The van der Waals surface area contributed by atoms with Crippen LogP contribution < -0.4 is 5.32 Å². The summed E-state index contributed by atoms with van der Waals surface area (Å²) in [6, 6.07) is 0. The zero-order valence-corrected chi connectivity index (χ0v) is 12.0. The summed E-state index contributed by atoms with van der Waals surface area (Å²) < 4.78 is 0. The van der Waals surface area contributed by atoms with Crippen LogP contribution in [0.2, 0.25) is 0 Å². The van der Waals surface area contributed by atoms with Gasteiger partial charge in [0.05, 0.1) is 0 Å². The lowest BCUT2D eigenvalue weighted by Crippen LogP contribution is -2.30. The van der Waals surface area contributed by atoms with E-state index in [1.165, 1.54) is 32.1 Å². The van der Waals surface area contributed by atoms with E-state index in [2.05, 4.69) is 5.32 Å². The smallest absolute Gasteiger partial charge is 0.303 e. The molecule has 0 aromatic heterocycles. The van der Waals surface area contributed by atoms with Gasteiger partial charge in [0.1, 0.15) is 0 Å². The van der Waals surface area contributed by atoms with Gasteiger partial charge in [0.2, 0.25) is 5.91 Å². The summed E-state index contributed by atoms with van der Waals surface area (Å²) in [6.45, 7) is 2.45. The van der Waals surface area contributed by atoms with E-state index in [1.54, 1.807) is 0 Å². The van der Waals surface area contributed by atoms with E-state index in [-0.39, 0.29) is 18.2 Å². The van der Waals surface area contributed by atoms with Crippen LogP contribution in [0, 0.1) is 11.8 Å². The van der Waals surface area contributed by atoms with Crippen molar-refractivity contribution in [2.24, 2.45) is 11.8 Å². The number of nitrogens with one attached hydrogen (secondary N) is 1. The lowest BCUT2D eigenvalue weighted by molar-refractivity contribution is -0.138. The highest BCUT2D eigenvalue weighted by Gasteiger charge is 2.16. The molecule has 1 aliphatic rings. The Morgan fingerprint density at radius 1 is 1.26 bits per heavy atom. The molecule has 0 bridgehead atoms. The van der Waals surface area contributed by atoms with E-state index in [9.17, 15) is 9.59 Å². The topological polar surface area (TPSA) is 66.4 Å². The summed E-state index contributed by atoms with van der Waals surface area (Å²) in [5.74, 6) is 0.0642. The number of rotatable bonds is 8. The predicted octanol–water partition coefficient (Wildman–Crippen LogP) is 2.96. The lowest BCUT2D eigenvalue weighted by Gasteiger charge is -2.21. The van der Waals surface area contributed by atoms with Crippen LogP contribution in [0.3, 0.4) is 0 Å². The van der Waals surface area contributed by atoms with Gasteiger partial charge in [-0.1, -0.05) is 45.4 Å². The minimum atomic E-state index is -0.789. The Hall–Kier alpha value is -1.06. The van der Waals surface area contributed by atoms with Crippen molar-refractivity contribution >= 4 is 11.9 Å². The van der Waals surface area contributed by atoms with Crippen LogP contribution >= 0.6 is 0 Å². The molecule has 0 aromatic carbocycles. The first-order valence-electron chi connectivity index (χ1n) is 7.60. The third-order valence-corrected chi connectivity index (χ3v) is 4.13. The Morgan fingerprint density at radius 2 is 1.95 bits per heavy atom. The van der Waals surface area contributed by atoms with E-state index in [0.29, 0.717) is 13.0 Å². The van der Waals surface area contributed by atoms with Crippen LogP contribution in [0.4, 0.5) is 0 Å². The molecule has 1 aliphatic carbocycles. The number of carboxylic acids is 1. The van der Waals surface area contributed by atoms with Crippen LogP contribution in [0.25, 0.3) is 0 Å². The number of carboxylic acid groups (broad SMARTS) is 1. The summed E-state index contributed by atoms with van der Waals surface area (Å²) in [4.78, 5) is 22.4. The van der Waals surface area contributed by atoms with Gasteiger partial charge < -0.3 is 10.4 Å². The second-order valence-electron chi connectivity index (χ2n) is 5.72. The van der Waals surface area contributed by atoms with Crippen molar-refractivity contribution in [3.63, 3.8) is 0 Å². The summed E-state index contributed by atoms with van der Waals surface area (Å²) in [7, 11) is 0. The van der Waals surface area contributed by atoms with Crippen molar-refractivity contribution in [2.75, 3.05) is 6.54 Å². The molecule has 1 unspecified atom stereocenters. The van der Waals surface area contributed by atoms with E-state index in [0.717, 1.165) is 18.8 Å².